The van der Waals surface area contributed by atoms with Crippen LogP contribution in [0, 0.1) is 5.82 Å². The minimum atomic E-state index is -0.603. The van der Waals surface area contributed by atoms with E-state index in [-0.39, 0.29) is 24.4 Å². The number of rotatable bonds is 8. The van der Waals surface area contributed by atoms with E-state index in [1.807, 2.05) is 25.1 Å². The molecule has 0 unspecified atom stereocenters. The second-order valence-corrected chi connectivity index (χ2v) is 5.28. The minimum Gasteiger partial charge on any atom is -0.494 e. The van der Waals surface area contributed by atoms with Crippen molar-refractivity contribution in [3.8, 4) is 5.75 Å². The molecule has 0 spiro atoms. The number of nitrogens with one attached hydrogen (secondary N) is 2. The SMILES string of the molecule is CCOc1cccc(C=NNC(=O)CCNC(=O)c2ccccc2F)c1. The van der Waals surface area contributed by atoms with Gasteiger partial charge in [-0.25, -0.2) is 9.82 Å². The van der Waals surface area contributed by atoms with Crippen LogP contribution in [0.5, 0.6) is 5.75 Å². The summed E-state index contributed by atoms with van der Waals surface area (Å²) >= 11 is 0. The summed E-state index contributed by atoms with van der Waals surface area (Å²) in [4.78, 5) is 23.5. The van der Waals surface area contributed by atoms with Gasteiger partial charge in [-0.15, -0.1) is 0 Å². The largest absolute Gasteiger partial charge is 0.494 e. The number of hydrogen-bond acceptors (Lipinski definition) is 4. The molecule has 2 aromatic carbocycles. The third kappa shape index (κ3) is 6.01. The molecule has 136 valence electrons. The van der Waals surface area contributed by atoms with Crippen LogP contribution >= 0.6 is 0 Å². The van der Waals surface area contributed by atoms with Gasteiger partial charge in [0.2, 0.25) is 5.91 Å². The predicted molar refractivity (Wildman–Crippen MR) is 96.7 cm³/mol. The molecule has 0 fully saturated rings. The molecule has 2 amide bonds. The highest BCUT2D eigenvalue weighted by atomic mass is 19.1. The van der Waals surface area contributed by atoms with Gasteiger partial charge in [-0.2, -0.15) is 5.10 Å². The lowest BCUT2D eigenvalue weighted by Crippen LogP contribution is -2.29. The lowest BCUT2D eigenvalue weighted by atomic mass is 10.2. The molecule has 0 heterocycles. The van der Waals surface area contributed by atoms with Crippen LogP contribution in [-0.4, -0.2) is 31.2 Å². The molecule has 0 aromatic heterocycles. The summed E-state index contributed by atoms with van der Waals surface area (Å²) in [6, 6.07) is 12.9. The van der Waals surface area contributed by atoms with Gasteiger partial charge < -0.3 is 10.1 Å². The number of ether oxygens (including phenoxy) is 1. The molecule has 6 nitrogen and oxygen atoms in total. The minimum absolute atomic E-state index is 0.0243. The Bertz CT molecular complexity index is 793. The van der Waals surface area contributed by atoms with Crippen LogP contribution in [0.25, 0.3) is 0 Å². The van der Waals surface area contributed by atoms with Crippen LogP contribution in [0.15, 0.2) is 53.6 Å². The van der Waals surface area contributed by atoms with Gasteiger partial charge in [0.1, 0.15) is 11.6 Å². The normalized spacial score (nSPS) is 10.5. The van der Waals surface area contributed by atoms with Crippen molar-refractivity contribution in [2.45, 2.75) is 13.3 Å². The Morgan fingerprint density at radius 2 is 2.00 bits per heavy atom. The van der Waals surface area contributed by atoms with E-state index >= 15 is 0 Å². The van der Waals surface area contributed by atoms with Gasteiger partial charge in [-0.3, -0.25) is 9.59 Å². The molecular formula is C19H20FN3O3. The number of hydrazone groups is 1. The highest BCUT2D eigenvalue weighted by Gasteiger charge is 2.10. The number of carbonyl (C=O) groups excluding carboxylic acids is 2. The average molecular weight is 357 g/mol. The van der Waals surface area contributed by atoms with E-state index in [4.69, 9.17) is 4.74 Å². The molecule has 0 aliphatic carbocycles. The monoisotopic (exact) mass is 357 g/mol. The fourth-order valence-corrected chi connectivity index (χ4v) is 2.12. The van der Waals surface area contributed by atoms with Crippen molar-refractivity contribution >= 4 is 18.0 Å². The zero-order valence-corrected chi connectivity index (χ0v) is 14.4. The Hall–Kier alpha value is -3.22. The molecule has 26 heavy (non-hydrogen) atoms. The molecular weight excluding hydrogens is 337 g/mol. The topological polar surface area (TPSA) is 79.8 Å². The van der Waals surface area contributed by atoms with Crippen LogP contribution in [0.1, 0.15) is 29.3 Å². The van der Waals surface area contributed by atoms with E-state index in [0.717, 1.165) is 11.3 Å². The molecule has 0 aliphatic heterocycles. The van der Waals surface area contributed by atoms with Crippen LogP contribution in [0.4, 0.5) is 4.39 Å². The Morgan fingerprint density at radius 1 is 1.19 bits per heavy atom. The highest BCUT2D eigenvalue weighted by molar-refractivity contribution is 5.94. The Balaban J connectivity index is 1.74. The quantitative estimate of drug-likeness (QED) is 0.563. The highest BCUT2D eigenvalue weighted by Crippen LogP contribution is 2.11. The van der Waals surface area contributed by atoms with Gasteiger partial charge in [0, 0.05) is 13.0 Å². The van der Waals surface area contributed by atoms with Crippen molar-refractivity contribution in [2.24, 2.45) is 5.10 Å². The van der Waals surface area contributed by atoms with Crippen molar-refractivity contribution < 1.29 is 18.7 Å². The maximum atomic E-state index is 13.5. The number of carbonyl (C=O) groups is 2. The van der Waals surface area contributed by atoms with E-state index in [1.165, 1.54) is 24.4 Å². The van der Waals surface area contributed by atoms with Crippen molar-refractivity contribution in [2.75, 3.05) is 13.2 Å². The maximum absolute atomic E-state index is 13.5. The van der Waals surface area contributed by atoms with Gasteiger partial charge in [0.05, 0.1) is 18.4 Å². The number of nitrogens with zero attached hydrogens (tertiary/aromatic N) is 1. The van der Waals surface area contributed by atoms with Gasteiger partial charge in [-0.05, 0) is 36.8 Å². The first-order valence-corrected chi connectivity index (χ1v) is 8.17. The van der Waals surface area contributed by atoms with Crippen LogP contribution in [-0.2, 0) is 4.79 Å². The molecule has 0 bridgehead atoms. The van der Waals surface area contributed by atoms with Crippen LogP contribution in [0.3, 0.4) is 0 Å². The van der Waals surface area contributed by atoms with E-state index in [2.05, 4.69) is 15.8 Å². The fraction of sp³-hybridized carbons (Fsp3) is 0.211. The summed E-state index contributed by atoms with van der Waals surface area (Å²) in [6.45, 7) is 2.54. The van der Waals surface area contributed by atoms with Crippen molar-refractivity contribution in [1.82, 2.24) is 10.7 Å². The first-order chi connectivity index (χ1) is 12.6. The van der Waals surface area contributed by atoms with E-state index in [1.54, 1.807) is 12.1 Å². The lowest BCUT2D eigenvalue weighted by molar-refractivity contribution is -0.120. The van der Waals surface area contributed by atoms with Gasteiger partial charge >= 0.3 is 0 Å². The van der Waals surface area contributed by atoms with Crippen LogP contribution < -0.4 is 15.5 Å². The predicted octanol–water partition coefficient (Wildman–Crippen LogP) is 2.49. The Morgan fingerprint density at radius 3 is 2.77 bits per heavy atom. The molecule has 2 rings (SSSR count). The molecule has 0 aliphatic rings. The second-order valence-electron chi connectivity index (χ2n) is 5.28. The number of halogens is 1. The Kier molecular flexibility index (Phi) is 7.30. The Labute approximate surface area is 151 Å². The van der Waals surface area contributed by atoms with Gasteiger partial charge in [0.15, 0.2) is 0 Å². The second kappa shape index (κ2) is 9.93. The number of hydrogen-bond donors (Lipinski definition) is 2. The standard InChI is InChI=1S/C19H20FN3O3/c1-2-26-15-7-5-6-14(12-15)13-22-23-18(24)10-11-21-19(25)16-8-3-4-9-17(16)20/h3-9,12-13H,2,10-11H2,1H3,(H,21,25)(H,23,24). The summed E-state index contributed by atoms with van der Waals surface area (Å²) in [5.74, 6) is -0.810. The zero-order valence-electron chi connectivity index (χ0n) is 14.4. The first-order valence-electron chi connectivity index (χ1n) is 8.17. The van der Waals surface area contributed by atoms with Crippen LogP contribution in [0.2, 0.25) is 0 Å². The van der Waals surface area contributed by atoms with Crippen molar-refractivity contribution in [3.63, 3.8) is 0 Å². The molecule has 2 N–H and O–H groups in total. The maximum Gasteiger partial charge on any atom is 0.254 e. The van der Waals surface area contributed by atoms with E-state index in [0.29, 0.717) is 6.61 Å². The third-order valence-corrected chi connectivity index (χ3v) is 3.33. The molecule has 2 aromatic rings. The molecule has 0 saturated heterocycles. The van der Waals surface area contributed by atoms with Crippen molar-refractivity contribution in [1.29, 1.82) is 0 Å². The molecule has 0 saturated carbocycles. The summed E-state index contributed by atoms with van der Waals surface area (Å²) in [5, 5.41) is 6.35. The van der Waals surface area contributed by atoms with Gasteiger partial charge in [0.25, 0.3) is 5.91 Å². The fourth-order valence-electron chi connectivity index (χ4n) is 2.12. The summed E-state index contributed by atoms with van der Waals surface area (Å²) in [7, 11) is 0. The summed E-state index contributed by atoms with van der Waals surface area (Å²) < 4.78 is 18.8. The first kappa shape index (κ1) is 19.1. The molecule has 0 atom stereocenters. The third-order valence-electron chi connectivity index (χ3n) is 3.33. The number of benzene rings is 2. The zero-order chi connectivity index (χ0) is 18.8. The smallest absolute Gasteiger partial charge is 0.254 e. The summed E-state index contributed by atoms with van der Waals surface area (Å²) in [6.07, 6.45) is 1.52. The molecule has 7 heteroatoms. The van der Waals surface area contributed by atoms with Crippen molar-refractivity contribution in [3.05, 3.63) is 65.5 Å². The van der Waals surface area contributed by atoms with Gasteiger partial charge in [-0.1, -0.05) is 24.3 Å². The van der Waals surface area contributed by atoms with E-state index in [9.17, 15) is 14.0 Å². The van der Waals surface area contributed by atoms with E-state index < -0.39 is 11.7 Å². The summed E-state index contributed by atoms with van der Waals surface area (Å²) in [5.41, 5.74) is 3.10. The molecule has 0 radical (unpaired) electrons. The average Bonchev–Trinajstić information content (AvgIpc) is 2.62. The lowest BCUT2D eigenvalue weighted by Gasteiger charge is -2.05. The number of amides is 2.